The first kappa shape index (κ1) is 22.0. The van der Waals surface area contributed by atoms with Crippen molar-refractivity contribution in [3.05, 3.63) is 63.6 Å². The first-order valence-electron chi connectivity index (χ1n) is 10.6. The van der Waals surface area contributed by atoms with Crippen LogP contribution in [0.15, 0.2) is 42.5 Å². The number of likely N-dealkylation sites (N-methyl/N-ethyl adjacent to an activating group) is 1. The average Bonchev–Trinajstić information content (AvgIpc) is 3.48. The number of benzene rings is 2. The molecule has 3 atom stereocenters. The molecular formula is C24H26Cl2N4O. The summed E-state index contributed by atoms with van der Waals surface area (Å²) in [6.45, 7) is 1.35. The zero-order valence-electron chi connectivity index (χ0n) is 17.5. The van der Waals surface area contributed by atoms with Gasteiger partial charge in [0, 0.05) is 34.9 Å². The molecule has 2 fully saturated rings. The van der Waals surface area contributed by atoms with Gasteiger partial charge in [-0.15, -0.1) is 0 Å². The van der Waals surface area contributed by atoms with E-state index in [-0.39, 0.29) is 17.5 Å². The quantitative estimate of drug-likeness (QED) is 0.608. The Kier molecular flexibility index (Phi) is 6.43. The number of carbonyl (C=O) groups is 1. The number of halogens is 2. The van der Waals surface area contributed by atoms with Gasteiger partial charge in [0.1, 0.15) is 0 Å². The lowest BCUT2D eigenvalue weighted by atomic mass is 9.80. The number of nitrogens with zero attached hydrogens (tertiary/aromatic N) is 2. The molecule has 2 saturated carbocycles. The summed E-state index contributed by atoms with van der Waals surface area (Å²) in [5, 5.41) is 16.3. The molecule has 0 spiro atoms. The Morgan fingerprint density at radius 2 is 2.03 bits per heavy atom. The fourth-order valence-electron chi connectivity index (χ4n) is 5.05. The van der Waals surface area contributed by atoms with Crippen LogP contribution in [0.3, 0.4) is 0 Å². The first-order chi connectivity index (χ1) is 14.9. The summed E-state index contributed by atoms with van der Waals surface area (Å²) in [6, 6.07) is 15.4. The van der Waals surface area contributed by atoms with E-state index in [1.54, 1.807) is 18.2 Å². The van der Waals surface area contributed by atoms with Crippen LogP contribution in [0.5, 0.6) is 0 Å². The average molecular weight is 457 g/mol. The van der Waals surface area contributed by atoms with Crippen LogP contribution >= 0.6 is 23.2 Å². The molecule has 0 aromatic heterocycles. The summed E-state index contributed by atoms with van der Waals surface area (Å²) in [4.78, 5) is 15.1. The van der Waals surface area contributed by atoms with Crippen molar-refractivity contribution in [3.8, 4) is 6.07 Å². The molecule has 0 radical (unpaired) electrons. The van der Waals surface area contributed by atoms with Crippen LogP contribution < -0.4 is 10.6 Å². The highest BCUT2D eigenvalue weighted by atomic mass is 35.5. The van der Waals surface area contributed by atoms with E-state index in [0.717, 1.165) is 37.8 Å². The van der Waals surface area contributed by atoms with E-state index < -0.39 is 0 Å². The Labute approximate surface area is 193 Å². The van der Waals surface area contributed by atoms with Crippen LogP contribution in [0.1, 0.15) is 36.8 Å². The van der Waals surface area contributed by atoms with E-state index in [1.807, 2.05) is 30.1 Å². The number of anilines is 1. The van der Waals surface area contributed by atoms with Crippen molar-refractivity contribution in [2.45, 2.75) is 37.1 Å². The van der Waals surface area contributed by atoms with Gasteiger partial charge in [-0.2, -0.15) is 5.26 Å². The summed E-state index contributed by atoms with van der Waals surface area (Å²) >= 11 is 12.2. The standard InChI is InChI=1S/C24H26Cl2N4O/c1-28-7-8-30(23(31)29-21-12-19(25)11-20(26)13-21)22-5-6-24(14-18(24)10-22)17-4-2-3-16(9-17)15-27/h2-4,9,11-13,18,22,28H,5-8,10,14H2,1H3,(H,29,31)/t18?,22-,24-/m1/s1. The lowest BCUT2D eigenvalue weighted by Gasteiger charge is -2.37. The van der Waals surface area contributed by atoms with Crippen LogP contribution in [-0.4, -0.2) is 37.1 Å². The van der Waals surface area contributed by atoms with Gasteiger partial charge in [0.25, 0.3) is 0 Å². The smallest absolute Gasteiger partial charge is 0.320 e. The van der Waals surface area contributed by atoms with Gasteiger partial charge in [-0.3, -0.25) is 0 Å². The summed E-state index contributed by atoms with van der Waals surface area (Å²) in [5.74, 6) is 0.547. The van der Waals surface area contributed by atoms with Crippen molar-refractivity contribution in [2.75, 3.05) is 25.5 Å². The van der Waals surface area contributed by atoms with Crippen molar-refractivity contribution in [2.24, 2.45) is 5.92 Å². The highest BCUT2D eigenvalue weighted by molar-refractivity contribution is 6.35. The summed E-state index contributed by atoms with van der Waals surface area (Å²) in [6.07, 6.45) is 4.08. The second-order valence-electron chi connectivity index (χ2n) is 8.56. The normalized spacial score (nSPS) is 24.1. The van der Waals surface area contributed by atoms with Crippen LogP contribution in [0, 0.1) is 17.2 Å². The molecule has 5 nitrogen and oxygen atoms in total. The first-order valence-corrected chi connectivity index (χ1v) is 11.4. The van der Waals surface area contributed by atoms with E-state index >= 15 is 0 Å². The molecular weight excluding hydrogens is 431 g/mol. The molecule has 1 unspecified atom stereocenters. The molecule has 0 aliphatic heterocycles. The van der Waals surface area contributed by atoms with Gasteiger partial charge in [0.15, 0.2) is 0 Å². The monoisotopic (exact) mass is 456 g/mol. The lowest BCUT2D eigenvalue weighted by molar-refractivity contribution is 0.161. The largest absolute Gasteiger partial charge is 0.322 e. The van der Waals surface area contributed by atoms with Gasteiger partial charge >= 0.3 is 6.03 Å². The number of urea groups is 1. The van der Waals surface area contributed by atoms with Crippen LogP contribution in [0.4, 0.5) is 10.5 Å². The molecule has 0 heterocycles. The minimum atomic E-state index is -0.127. The number of nitrogens with one attached hydrogen (secondary N) is 2. The van der Waals surface area contributed by atoms with E-state index in [9.17, 15) is 10.1 Å². The minimum absolute atomic E-state index is 0.127. The number of amides is 2. The van der Waals surface area contributed by atoms with Gasteiger partial charge < -0.3 is 15.5 Å². The van der Waals surface area contributed by atoms with Crippen LogP contribution in [0.25, 0.3) is 0 Å². The molecule has 2 aliphatic carbocycles. The lowest BCUT2D eigenvalue weighted by Crippen LogP contribution is -2.47. The third-order valence-electron chi connectivity index (χ3n) is 6.70. The molecule has 2 aromatic rings. The zero-order valence-corrected chi connectivity index (χ0v) is 19.0. The predicted octanol–water partition coefficient (Wildman–Crippen LogP) is 5.43. The van der Waals surface area contributed by atoms with Crippen LogP contribution in [0.2, 0.25) is 10.0 Å². The van der Waals surface area contributed by atoms with Crippen molar-refractivity contribution in [1.82, 2.24) is 10.2 Å². The minimum Gasteiger partial charge on any atom is -0.320 e. The molecule has 31 heavy (non-hydrogen) atoms. The SMILES string of the molecule is CNCCN(C(=O)Nc1cc(Cl)cc(Cl)c1)[C@@H]1CC[C@]2(c3cccc(C#N)c3)CC2C1. The van der Waals surface area contributed by atoms with Crippen LogP contribution in [-0.2, 0) is 5.41 Å². The van der Waals surface area contributed by atoms with E-state index in [4.69, 9.17) is 23.2 Å². The second kappa shape index (κ2) is 9.08. The van der Waals surface area contributed by atoms with Gasteiger partial charge in [-0.25, -0.2) is 4.79 Å². The van der Waals surface area contributed by atoms with Crippen molar-refractivity contribution in [1.29, 1.82) is 5.26 Å². The number of nitriles is 1. The maximum Gasteiger partial charge on any atom is 0.322 e. The molecule has 0 saturated heterocycles. The molecule has 7 heteroatoms. The maximum atomic E-state index is 13.2. The Morgan fingerprint density at radius 1 is 1.26 bits per heavy atom. The van der Waals surface area contributed by atoms with Gasteiger partial charge in [-0.1, -0.05) is 35.3 Å². The summed E-state index contributed by atoms with van der Waals surface area (Å²) < 4.78 is 0. The molecule has 2 N–H and O–H groups in total. The number of hydrogen-bond acceptors (Lipinski definition) is 3. The van der Waals surface area contributed by atoms with Gasteiger partial charge in [0.05, 0.1) is 11.6 Å². The summed E-state index contributed by atoms with van der Waals surface area (Å²) in [7, 11) is 1.89. The maximum absolute atomic E-state index is 13.2. The van der Waals surface area contributed by atoms with E-state index in [1.165, 1.54) is 5.56 Å². The Bertz CT molecular complexity index is 1000. The van der Waals surface area contributed by atoms with Crippen molar-refractivity contribution < 1.29 is 4.79 Å². The fraction of sp³-hybridized carbons (Fsp3) is 0.417. The third-order valence-corrected chi connectivity index (χ3v) is 7.13. The molecule has 2 aromatic carbocycles. The highest BCUT2D eigenvalue weighted by Gasteiger charge is 2.58. The number of fused-ring (bicyclic) bond motifs is 1. The second-order valence-corrected chi connectivity index (χ2v) is 9.44. The Hall–Kier alpha value is -2.26. The Balaban J connectivity index is 1.47. The highest BCUT2D eigenvalue weighted by Crippen LogP contribution is 2.62. The third kappa shape index (κ3) is 4.67. The number of rotatable bonds is 6. The van der Waals surface area contributed by atoms with Crippen molar-refractivity contribution >= 4 is 34.9 Å². The number of hydrogen-bond donors (Lipinski definition) is 2. The van der Waals surface area contributed by atoms with E-state index in [2.05, 4.69) is 22.8 Å². The number of carbonyl (C=O) groups excluding carboxylic acids is 1. The molecule has 4 rings (SSSR count). The molecule has 2 amide bonds. The van der Waals surface area contributed by atoms with Crippen molar-refractivity contribution in [3.63, 3.8) is 0 Å². The predicted molar refractivity (Wildman–Crippen MR) is 125 cm³/mol. The summed E-state index contributed by atoms with van der Waals surface area (Å²) in [5.41, 5.74) is 2.76. The van der Waals surface area contributed by atoms with Gasteiger partial charge in [0.2, 0.25) is 0 Å². The van der Waals surface area contributed by atoms with E-state index in [0.29, 0.717) is 28.2 Å². The molecule has 0 bridgehead atoms. The topological polar surface area (TPSA) is 68.2 Å². The zero-order chi connectivity index (χ0) is 22.0. The Morgan fingerprint density at radius 3 is 2.71 bits per heavy atom. The van der Waals surface area contributed by atoms with Gasteiger partial charge in [-0.05, 0) is 80.0 Å². The fourth-order valence-corrected chi connectivity index (χ4v) is 5.58. The molecule has 162 valence electrons. The molecule has 2 aliphatic rings.